The van der Waals surface area contributed by atoms with Crippen molar-refractivity contribution in [3.63, 3.8) is 0 Å². The molecule has 0 radical (unpaired) electrons. The Kier molecular flexibility index (Phi) is 5.12. The lowest BCUT2D eigenvalue weighted by atomic mass is 9.93. The first kappa shape index (κ1) is 18.6. The topological polar surface area (TPSA) is 74.1 Å². The van der Waals surface area contributed by atoms with Crippen molar-refractivity contribution in [1.82, 2.24) is 20.2 Å². The van der Waals surface area contributed by atoms with E-state index in [1.807, 2.05) is 24.3 Å². The molecule has 10 heteroatoms. The van der Waals surface area contributed by atoms with Gasteiger partial charge in [0.25, 0.3) is 0 Å². The third kappa shape index (κ3) is 3.64. The summed E-state index contributed by atoms with van der Waals surface area (Å²) in [5, 5.41) is 15.1. The lowest BCUT2D eigenvalue weighted by molar-refractivity contribution is -0.0508. The number of nitrogens with one attached hydrogen (secondary N) is 1. The molecule has 0 aliphatic carbocycles. The SMILES string of the molecule is COc1ccc([C@@H]2C[C@H](c3cc(Br)ccc3OC(F)F)n3nnnc3N2)cc1. The van der Waals surface area contributed by atoms with Gasteiger partial charge in [0.05, 0.1) is 19.2 Å². The maximum Gasteiger partial charge on any atom is 0.387 e. The highest BCUT2D eigenvalue weighted by atomic mass is 79.9. The Bertz CT molecular complexity index is 967. The minimum absolute atomic E-state index is 0.0973. The number of aromatic nitrogens is 4. The number of benzene rings is 2. The second-order valence-electron chi connectivity index (χ2n) is 6.23. The van der Waals surface area contributed by atoms with Crippen LogP contribution in [0.2, 0.25) is 0 Å². The molecule has 4 rings (SSSR count). The maximum atomic E-state index is 12.9. The van der Waals surface area contributed by atoms with Gasteiger partial charge < -0.3 is 14.8 Å². The quantitative estimate of drug-likeness (QED) is 0.626. The van der Waals surface area contributed by atoms with Gasteiger partial charge in [0, 0.05) is 10.0 Å². The van der Waals surface area contributed by atoms with Gasteiger partial charge in [-0.25, -0.2) is 4.68 Å². The van der Waals surface area contributed by atoms with Crippen molar-refractivity contribution in [3.8, 4) is 11.5 Å². The molecule has 0 saturated heterocycles. The summed E-state index contributed by atoms with van der Waals surface area (Å²) in [6, 6.07) is 12.1. The number of anilines is 1. The number of methoxy groups -OCH3 is 1. The molecule has 1 N–H and O–H groups in total. The largest absolute Gasteiger partial charge is 0.497 e. The number of nitrogens with zero attached hydrogens (tertiary/aromatic N) is 4. The van der Waals surface area contributed by atoms with Crippen molar-refractivity contribution in [3.05, 3.63) is 58.1 Å². The zero-order chi connectivity index (χ0) is 19.7. The van der Waals surface area contributed by atoms with Crippen molar-refractivity contribution in [2.24, 2.45) is 0 Å². The Morgan fingerprint density at radius 2 is 2.00 bits per heavy atom. The monoisotopic (exact) mass is 451 g/mol. The zero-order valence-corrected chi connectivity index (χ0v) is 16.3. The van der Waals surface area contributed by atoms with Crippen LogP contribution in [0.1, 0.15) is 29.6 Å². The zero-order valence-electron chi connectivity index (χ0n) is 14.7. The summed E-state index contributed by atoms with van der Waals surface area (Å²) in [5.41, 5.74) is 1.58. The van der Waals surface area contributed by atoms with Gasteiger partial charge in [-0.2, -0.15) is 8.78 Å². The summed E-state index contributed by atoms with van der Waals surface area (Å²) in [5.74, 6) is 1.31. The van der Waals surface area contributed by atoms with Crippen LogP contribution in [0.4, 0.5) is 14.7 Å². The summed E-state index contributed by atoms with van der Waals surface area (Å²) in [7, 11) is 1.61. The lowest BCUT2D eigenvalue weighted by Crippen LogP contribution is -2.28. The number of tetrazole rings is 1. The third-order valence-electron chi connectivity index (χ3n) is 4.62. The highest BCUT2D eigenvalue weighted by Gasteiger charge is 2.33. The fraction of sp³-hybridized carbons (Fsp3) is 0.278. The highest BCUT2D eigenvalue weighted by Crippen LogP contribution is 2.41. The molecule has 28 heavy (non-hydrogen) atoms. The Labute approximate surface area is 167 Å². The first-order valence-electron chi connectivity index (χ1n) is 8.47. The number of fused-ring (bicyclic) bond motifs is 1. The Hall–Kier alpha value is -2.75. The van der Waals surface area contributed by atoms with Crippen molar-refractivity contribution < 1.29 is 18.3 Å². The first-order chi connectivity index (χ1) is 13.5. The summed E-state index contributed by atoms with van der Waals surface area (Å²) >= 11 is 3.40. The normalized spacial score (nSPS) is 18.5. The first-order valence-corrected chi connectivity index (χ1v) is 9.27. The molecule has 2 heterocycles. The molecule has 7 nitrogen and oxygen atoms in total. The fourth-order valence-corrected chi connectivity index (χ4v) is 3.71. The van der Waals surface area contributed by atoms with Crippen LogP contribution in [-0.2, 0) is 0 Å². The Morgan fingerprint density at radius 1 is 1.21 bits per heavy atom. The van der Waals surface area contributed by atoms with E-state index in [9.17, 15) is 8.78 Å². The fourth-order valence-electron chi connectivity index (χ4n) is 3.33. The van der Waals surface area contributed by atoms with Gasteiger partial charge in [0.15, 0.2) is 0 Å². The molecule has 1 aromatic heterocycles. The van der Waals surface area contributed by atoms with Gasteiger partial charge >= 0.3 is 6.61 Å². The summed E-state index contributed by atoms with van der Waals surface area (Å²) in [4.78, 5) is 0. The second-order valence-corrected chi connectivity index (χ2v) is 7.14. The summed E-state index contributed by atoms with van der Waals surface area (Å²) < 4.78 is 38.1. The number of ether oxygens (including phenoxy) is 2. The summed E-state index contributed by atoms with van der Waals surface area (Å²) in [6.45, 7) is -2.92. The molecule has 1 aliphatic rings. The van der Waals surface area contributed by atoms with Gasteiger partial charge in [0.2, 0.25) is 5.95 Å². The van der Waals surface area contributed by atoms with E-state index < -0.39 is 6.61 Å². The lowest BCUT2D eigenvalue weighted by Gasteiger charge is -2.32. The van der Waals surface area contributed by atoms with Crippen LogP contribution in [0.15, 0.2) is 46.9 Å². The molecule has 2 aromatic carbocycles. The standard InChI is InChI=1S/C18H16BrF2N5O2/c1-27-12-5-2-10(3-6-12)14-9-15(26-18(22-14)23-24-25-26)13-8-11(19)4-7-16(13)28-17(20)21/h2-8,14-15,17H,9H2,1H3,(H,22,23,25)/t14-,15+/m0/s1. The van der Waals surface area contributed by atoms with Crippen LogP contribution in [0.3, 0.4) is 0 Å². The molecule has 1 aliphatic heterocycles. The predicted molar refractivity (Wildman–Crippen MR) is 101 cm³/mol. The molecule has 0 spiro atoms. The minimum atomic E-state index is -2.92. The molecule has 0 fully saturated rings. The molecule has 0 saturated carbocycles. The van der Waals surface area contributed by atoms with Crippen molar-refractivity contribution in [2.75, 3.05) is 12.4 Å². The van der Waals surface area contributed by atoms with Crippen LogP contribution in [0, 0.1) is 0 Å². The van der Waals surface area contributed by atoms with Crippen molar-refractivity contribution in [1.29, 1.82) is 0 Å². The average Bonchev–Trinajstić information content (AvgIpc) is 3.17. The van der Waals surface area contributed by atoms with E-state index >= 15 is 0 Å². The third-order valence-corrected chi connectivity index (χ3v) is 5.11. The molecule has 2 atom stereocenters. The van der Waals surface area contributed by atoms with Gasteiger partial charge in [-0.3, -0.25) is 0 Å². The molecule has 0 amide bonds. The predicted octanol–water partition coefficient (Wildman–Crippen LogP) is 4.19. The minimum Gasteiger partial charge on any atom is -0.497 e. The number of alkyl halides is 2. The summed E-state index contributed by atoms with van der Waals surface area (Å²) in [6.07, 6.45) is 0.542. The second kappa shape index (κ2) is 7.70. The molecule has 3 aromatic rings. The van der Waals surface area contributed by atoms with E-state index in [1.165, 1.54) is 6.07 Å². The van der Waals surface area contributed by atoms with E-state index in [4.69, 9.17) is 9.47 Å². The number of hydrogen-bond donors (Lipinski definition) is 1. The van der Waals surface area contributed by atoms with Gasteiger partial charge in [-0.15, -0.1) is 0 Å². The van der Waals surface area contributed by atoms with Crippen LogP contribution in [0.5, 0.6) is 11.5 Å². The number of hydrogen-bond acceptors (Lipinski definition) is 6. The number of rotatable bonds is 5. The van der Waals surface area contributed by atoms with Crippen LogP contribution >= 0.6 is 15.9 Å². The van der Waals surface area contributed by atoms with E-state index in [-0.39, 0.29) is 17.8 Å². The Morgan fingerprint density at radius 3 is 2.71 bits per heavy atom. The molecular weight excluding hydrogens is 436 g/mol. The van der Waals surface area contributed by atoms with E-state index in [0.717, 1.165) is 15.8 Å². The Balaban J connectivity index is 1.73. The van der Waals surface area contributed by atoms with Gasteiger partial charge in [-0.05, 0) is 52.7 Å². The van der Waals surface area contributed by atoms with Crippen molar-refractivity contribution >= 4 is 21.9 Å². The van der Waals surface area contributed by atoms with Crippen LogP contribution in [0.25, 0.3) is 0 Å². The van der Waals surface area contributed by atoms with Crippen molar-refractivity contribution in [2.45, 2.75) is 25.1 Å². The maximum absolute atomic E-state index is 12.9. The molecule has 146 valence electrons. The van der Waals surface area contributed by atoms with Crippen LogP contribution < -0.4 is 14.8 Å². The van der Waals surface area contributed by atoms with E-state index in [2.05, 4.69) is 36.8 Å². The van der Waals surface area contributed by atoms with E-state index in [0.29, 0.717) is 17.9 Å². The molecule has 0 bridgehead atoms. The molecular formula is C18H16BrF2N5O2. The average molecular weight is 452 g/mol. The smallest absolute Gasteiger partial charge is 0.387 e. The number of halogens is 3. The van der Waals surface area contributed by atoms with E-state index in [1.54, 1.807) is 23.9 Å². The van der Waals surface area contributed by atoms with Crippen LogP contribution in [-0.4, -0.2) is 33.9 Å². The highest BCUT2D eigenvalue weighted by molar-refractivity contribution is 9.10. The van der Waals surface area contributed by atoms with Gasteiger partial charge in [0.1, 0.15) is 11.5 Å². The van der Waals surface area contributed by atoms with Gasteiger partial charge in [-0.1, -0.05) is 33.2 Å². The molecule has 0 unspecified atom stereocenters.